The summed E-state index contributed by atoms with van der Waals surface area (Å²) in [6.07, 6.45) is 2.87. The summed E-state index contributed by atoms with van der Waals surface area (Å²) in [6, 6.07) is 11.0. The standard InChI is InChI=1S/C15H16INOS/c1-17-15(11-8-14(16)19-9-11)10-2-4-12(5-3-10)18-13-6-7-13/h2-5,8-9,13,15,17H,6-7H2,1H3. The second-order valence-corrected chi connectivity index (χ2v) is 7.60. The van der Waals surface area contributed by atoms with Crippen LogP contribution in [-0.4, -0.2) is 13.2 Å². The Morgan fingerprint density at radius 2 is 2.00 bits per heavy atom. The van der Waals surface area contributed by atoms with Crippen molar-refractivity contribution in [1.82, 2.24) is 5.32 Å². The molecule has 1 N–H and O–H groups in total. The van der Waals surface area contributed by atoms with Crippen molar-refractivity contribution in [3.8, 4) is 5.75 Å². The van der Waals surface area contributed by atoms with Crippen LogP contribution in [0.3, 0.4) is 0 Å². The van der Waals surface area contributed by atoms with Crippen LogP contribution in [0.25, 0.3) is 0 Å². The first-order valence-electron chi connectivity index (χ1n) is 6.44. The summed E-state index contributed by atoms with van der Waals surface area (Å²) >= 11 is 4.15. The fourth-order valence-corrected chi connectivity index (χ4v) is 3.52. The Labute approximate surface area is 131 Å². The number of hydrogen-bond donors (Lipinski definition) is 1. The second-order valence-electron chi connectivity index (χ2n) is 4.79. The summed E-state index contributed by atoms with van der Waals surface area (Å²) in [5, 5.41) is 5.60. The highest BCUT2D eigenvalue weighted by atomic mass is 127. The number of benzene rings is 1. The SMILES string of the molecule is CNC(c1ccc(OC2CC2)cc1)c1csc(I)c1. The zero-order valence-electron chi connectivity index (χ0n) is 10.7. The van der Waals surface area contributed by atoms with Gasteiger partial charge in [-0.3, -0.25) is 0 Å². The highest BCUT2D eigenvalue weighted by Crippen LogP contribution is 2.30. The molecule has 1 aliphatic rings. The predicted molar refractivity (Wildman–Crippen MR) is 88.0 cm³/mol. The molecule has 0 radical (unpaired) electrons. The minimum atomic E-state index is 0.259. The molecule has 0 amide bonds. The summed E-state index contributed by atoms with van der Waals surface area (Å²) in [4.78, 5) is 0. The zero-order valence-corrected chi connectivity index (χ0v) is 13.7. The van der Waals surface area contributed by atoms with Gasteiger partial charge in [0.2, 0.25) is 0 Å². The molecular formula is C15H16INOS. The lowest BCUT2D eigenvalue weighted by Gasteiger charge is -2.16. The maximum atomic E-state index is 5.78. The Balaban J connectivity index is 1.78. The van der Waals surface area contributed by atoms with Gasteiger partial charge in [-0.25, -0.2) is 0 Å². The molecule has 1 aromatic carbocycles. The van der Waals surface area contributed by atoms with Crippen LogP contribution in [0.5, 0.6) is 5.75 Å². The number of thiophene rings is 1. The van der Waals surface area contributed by atoms with E-state index in [-0.39, 0.29) is 6.04 Å². The van der Waals surface area contributed by atoms with E-state index in [4.69, 9.17) is 4.74 Å². The molecule has 100 valence electrons. The van der Waals surface area contributed by atoms with Crippen LogP contribution in [0.15, 0.2) is 35.7 Å². The van der Waals surface area contributed by atoms with E-state index in [0.717, 1.165) is 5.75 Å². The largest absolute Gasteiger partial charge is 0.490 e. The molecule has 1 aromatic heterocycles. The van der Waals surface area contributed by atoms with Gasteiger partial charge >= 0.3 is 0 Å². The Morgan fingerprint density at radius 1 is 1.26 bits per heavy atom. The molecule has 1 heterocycles. The number of nitrogens with one attached hydrogen (secondary N) is 1. The fourth-order valence-electron chi connectivity index (χ4n) is 2.12. The average Bonchev–Trinajstić information content (AvgIpc) is 3.13. The minimum absolute atomic E-state index is 0.259. The van der Waals surface area contributed by atoms with Crippen molar-refractivity contribution in [1.29, 1.82) is 0 Å². The molecule has 2 nitrogen and oxygen atoms in total. The van der Waals surface area contributed by atoms with E-state index in [0.29, 0.717) is 6.10 Å². The highest BCUT2D eigenvalue weighted by molar-refractivity contribution is 14.1. The second kappa shape index (κ2) is 5.81. The summed E-state index contributed by atoms with van der Waals surface area (Å²) < 4.78 is 7.10. The molecule has 1 fully saturated rings. The van der Waals surface area contributed by atoms with Crippen molar-refractivity contribution in [2.75, 3.05) is 7.05 Å². The molecule has 19 heavy (non-hydrogen) atoms. The van der Waals surface area contributed by atoms with E-state index in [1.807, 2.05) is 7.05 Å². The van der Waals surface area contributed by atoms with Gasteiger partial charge in [0.15, 0.2) is 0 Å². The maximum Gasteiger partial charge on any atom is 0.119 e. The minimum Gasteiger partial charge on any atom is -0.490 e. The maximum absolute atomic E-state index is 5.78. The lowest BCUT2D eigenvalue weighted by Crippen LogP contribution is -2.16. The number of halogens is 1. The van der Waals surface area contributed by atoms with Gasteiger partial charge in [0, 0.05) is 0 Å². The third kappa shape index (κ3) is 3.30. The molecule has 0 spiro atoms. The molecule has 2 aromatic rings. The van der Waals surface area contributed by atoms with Crippen LogP contribution < -0.4 is 10.1 Å². The number of rotatable bonds is 5. The molecule has 1 saturated carbocycles. The van der Waals surface area contributed by atoms with Crippen LogP contribution in [-0.2, 0) is 0 Å². The quantitative estimate of drug-likeness (QED) is 0.779. The van der Waals surface area contributed by atoms with Gasteiger partial charge in [0.25, 0.3) is 0 Å². The molecule has 1 atom stereocenters. The monoisotopic (exact) mass is 385 g/mol. The molecule has 1 aliphatic carbocycles. The topological polar surface area (TPSA) is 21.3 Å². The lowest BCUT2D eigenvalue weighted by molar-refractivity contribution is 0.303. The smallest absolute Gasteiger partial charge is 0.119 e. The Hall–Kier alpha value is -0.590. The van der Waals surface area contributed by atoms with E-state index >= 15 is 0 Å². The van der Waals surface area contributed by atoms with Crippen LogP contribution >= 0.6 is 33.9 Å². The van der Waals surface area contributed by atoms with Crippen LogP contribution in [0.2, 0.25) is 0 Å². The molecule has 0 bridgehead atoms. The molecule has 4 heteroatoms. The van der Waals surface area contributed by atoms with Gasteiger partial charge in [0.05, 0.1) is 15.0 Å². The Bertz CT molecular complexity index is 548. The van der Waals surface area contributed by atoms with Crippen molar-refractivity contribution < 1.29 is 4.74 Å². The fraction of sp³-hybridized carbons (Fsp3) is 0.333. The number of hydrogen-bond acceptors (Lipinski definition) is 3. The first-order chi connectivity index (χ1) is 9.26. The van der Waals surface area contributed by atoms with Crippen molar-refractivity contribution in [3.05, 3.63) is 49.7 Å². The van der Waals surface area contributed by atoms with Gasteiger partial charge in [-0.1, -0.05) is 12.1 Å². The van der Waals surface area contributed by atoms with Crippen LogP contribution in [0, 0.1) is 2.88 Å². The van der Waals surface area contributed by atoms with Gasteiger partial charge in [0.1, 0.15) is 5.75 Å². The lowest BCUT2D eigenvalue weighted by atomic mass is 10.0. The highest BCUT2D eigenvalue weighted by Gasteiger charge is 2.23. The average molecular weight is 385 g/mol. The van der Waals surface area contributed by atoms with Crippen molar-refractivity contribution in [3.63, 3.8) is 0 Å². The van der Waals surface area contributed by atoms with Crippen LogP contribution in [0.4, 0.5) is 0 Å². The first-order valence-corrected chi connectivity index (χ1v) is 8.40. The van der Waals surface area contributed by atoms with Crippen molar-refractivity contribution in [2.45, 2.75) is 25.0 Å². The molecule has 0 aliphatic heterocycles. The van der Waals surface area contributed by atoms with Gasteiger partial charge in [-0.2, -0.15) is 0 Å². The van der Waals surface area contributed by atoms with E-state index in [2.05, 4.69) is 63.6 Å². The Kier molecular flexibility index (Phi) is 4.10. The van der Waals surface area contributed by atoms with E-state index in [9.17, 15) is 0 Å². The molecule has 3 rings (SSSR count). The van der Waals surface area contributed by atoms with Gasteiger partial charge < -0.3 is 10.1 Å². The Morgan fingerprint density at radius 3 is 2.53 bits per heavy atom. The van der Waals surface area contributed by atoms with Gasteiger partial charge in [-0.05, 0) is 77.2 Å². The predicted octanol–water partition coefficient (Wildman–Crippen LogP) is 4.20. The van der Waals surface area contributed by atoms with Crippen LogP contribution in [0.1, 0.15) is 30.0 Å². The summed E-state index contributed by atoms with van der Waals surface area (Å²) in [5.74, 6) is 0.987. The molecule has 1 unspecified atom stereocenters. The normalized spacial score (nSPS) is 16.3. The summed E-state index contributed by atoms with van der Waals surface area (Å²) in [6.45, 7) is 0. The third-order valence-electron chi connectivity index (χ3n) is 3.25. The summed E-state index contributed by atoms with van der Waals surface area (Å²) in [5.41, 5.74) is 2.60. The molecule has 0 saturated heterocycles. The zero-order chi connectivity index (χ0) is 13.2. The van der Waals surface area contributed by atoms with Crippen molar-refractivity contribution >= 4 is 33.9 Å². The first kappa shape index (κ1) is 13.4. The van der Waals surface area contributed by atoms with Crippen molar-refractivity contribution in [2.24, 2.45) is 0 Å². The third-order valence-corrected chi connectivity index (χ3v) is 5.06. The van der Waals surface area contributed by atoms with Gasteiger partial charge in [-0.15, -0.1) is 11.3 Å². The van der Waals surface area contributed by atoms with E-state index in [1.165, 1.54) is 26.9 Å². The van der Waals surface area contributed by atoms with E-state index < -0.39 is 0 Å². The number of ether oxygens (including phenoxy) is 1. The summed E-state index contributed by atoms with van der Waals surface area (Å²) in [7, 11) is 2.00. The molecular weight excluding hydrogens is 369 g/mol. The van der Waals surface area contributed by atoms with E-state index in [1.54, 1.807) is 11.3 Å².